The molecular weight excluding hydrogens is 715 g/mol. The molecule has 2 N–H and O–H groups in total. The molecule has 5 aliphatic carbocycles. The predicted molar refractivity (Wildman–Crippen MR) is 183 cm³/mol. The Morgan fingerprint density at radius 2 is 1.67 bits per heavy atom. The summed E-state index contributed by atoms with van der Waals surface area (Å²) in [6.07, 6.45) is 8.05. The molecule has 7 fully saturated rings. The van der Waals surface area contributed by atoms with Crippen LogP contribution in [0, 0.1) is 17.8 Å². The second-order valence-electron chi connectivity index (χ2n) is 17.3. The monoisotopic (exact) mass is 760 g/mol. The molecule has 0 radical (unpaired) electrons. The molecule has 5 atom stereocenters. The Morgan fingerprint density at radius 3 is 2.28 bits per heavy atom. The molecule has 10 rings (SSSR count). The van der Waals surface area contributed by atoms with Gasteiger partial charge in [0.2, 0.25) is 11.8 Å². The van der Waals surface area contributed by atoms with Crippen molar-refractivity contribution >= 4 is 23.5 Å². The number of nitrogens with one attached hydrogen (secondary N) is 1. The Balaban J connectivity index is 0.977. The molecule has 2 aromatic heterocycles. The molecule has 1 amide bonds. The summed E-state index contributed by atoms with van der Waals surface area (Å²) in [6, 6.07) is 2.01. The molecule has 54 heavy (non-hydrogen) atoms. The average Bonchev–Trinajstić information content (AvgIpc) is 3.40. The first-order valence-corrected chi connectivity index (χ1v) is 19.2. The molecule has 5 heterocycles. The molecule has 292 valence electrons. The van der Waals surface area contributed by atoms with Crippen molar-refractivity contribution in [1.29, 1.82) is 0 Å². The second kappa shape index (κ2) is 12.4. The minimum absolute atomic E-state index is 0.00434. The van der Waals surface area contributed by atoms with Crippen LogP contribution in [0.1, 0.15) is 99.2 Å². The predicted octanol–water partition coefficient (Wildman–Crippen LogP) is 5.93. The van der Waals surface area contributed by atoms with Crippen LogP contribution in [0.5, 0.6) is 5.88 Å². The van der Waals surface area contributed by atoms with Crippen molar-refractivity contribution in [2.75, 3.05) is 37.7 Å². The third-order valence-corrected chi connectivity index (χ3v) is 13.7. The first kappa shape index (κ1) is 36.0. The lowest BCUT2D eigenvalue weighted by Gasteiger charge is -2.61. The highest BCUT2D eigenvalue weighted by atomic mass is 19.3. The maximum Gasteiger partial charge on any atom is 0.330 e. The normalized spacial score (nSPS) is 35.1. The van der Waals surface area contributed by atoms with Gasteiger partial charge in [-0.25, -0.2) is 32.9 Å². The number of carboxylic acid groups (broad SMARTS) is 1. The number of alkyl halides is 5. The number of halogens is 5. The number of carboxylic acids is 1. The number of ether oxygens (including phenoxy) is 2. The van der Waals surface area contributed by atoms with Crippen molar-refractivity contribution in [3.63, 3.8) is 0 Å². The van der Waals surface area contributed by atoms with Gasteiger partial charge in [-0.1, -0.05) is 0 Å². The van der Waals surface area contributed by atoms with Crippen LogP contribution in [0.3, 0.4) is 0 Å². The van der Waals surface area contributed by atoms with E-state index < -0.39 is 63.4 Å². The van der Waals surface area contributed by atoms with Gasteiger partial charge in [0.15, 0.2) is 0 Å². The van der Waals surface area contributed by atoms with Gasteiger partial charge in [0.05, 0.1) is 30.5 Å². The number of rotatable bonds is 8. The second-order valence-corrected chi connectivity index (χ2v) is 17.3. The van der Waals surface area contributed by atoms with Crippen molar-refractivity contribution in [3.05, 3.63) is 35.3 Å². The highest BCUT2D eigenvalue weighted by molar-refractivity contribution is 5.99. The van der Waals surface area contributed by atoms with Gasteiger partial charge in [0, 0.05) is 50.4 Å². The van der Waals surface area contributed by atoms with E-state index in [1.54, 1.807) is 11.1 Å². The lowest BCUT2D eigenvalue weighted by molar-refractivity contribution is -0.174. The van der Waals surface area contributed by atoms with Crippen molar-refractivity contribution in [3.8, 4) is 5.88 Å². The number of hydrogen-bond donors (Lipinski definition) is 2. The molecule has 8 aliphatic rings. The fraction of sp³-hybridized carbons (Fsp3) is 0.711. The van der Waals surface area contributed by atoms with Gasteiger partial charge in [-0.05, 0) is 93.9 Å². The quantitative estimate of drug-likeness (QED) is 0.313. The Morgan fingerprint density at radius 1 is 0.981 bits per heavy atom. The van der Waals surface area contributed by atoms with Crippen LogP contribution < -0.4 is 15.0 Å². The fourth-order valence-electron chi connectivity index (χ4n) is 11.3. The summed E-state index contributed by atoms with van der Waals surface area (Å²) in [5.41, 5.74) is -3.54. The number of fused-ring (bicyclic) bond motifs is 2. The van der Waals surface area contributed by atoms with Crippen LogP contribution in [0.4, 0.5) is 33.6 Å². The largest absolute Gasteiger partial charge is 0.479 e. The summed E-state index contributed by atoms with van der Waals surface area (Å²) in [7, 11) is 0. The van der Waals surface area contributed by atoms with Gasteiger partial charge in [-0.15, -0.1) is 0 Å². The van der Waals surface area contributed by atoms with Crippen LogP contribution in [-0.4, -0.2) is 99.0 Å². The Bertz CT molecular complexity index is 1820. The smallest absolute Gasteiger partial charge is 0.330 e. The minimum atomic E-state index is -3.60. The van der Waals surface area contributed by atoms with Gasteiger partial charge in [0.25, 0.3) is 17.8 Å². The first-order chi connectivity index (χ1) is 25.6. The third kappa shape index (κ3) is 5.91. The molecule has 2 saturated heterocycles. The summed E-state index contributed by atoms with van der Waals surface area (Å²) in [5.74, 6) is -9.42. The number of pyridine rings is 1. The van der Waals surface area contributed by atoms with E-state index >= 15 is 13.2 Å². The van der Waals surface area contributed by atoms with Crippen molar-refractivity contribution in [1.82, 2.24) is 25.2 Å². The Kier molecular flexibility index (Phi) is 8.28. The molecular formula is C38H45F5N6O5. The van der Waals surface area contributed by atoms with Crippen LogP contribution >= 0.6 is 0 Å². The molecule has 4 bridgehead atoms. The number of aromatic nitrogens is 3. The van der Waals surface area contributed by atoms with Gasteiger partial charge >= 0.3 is 5.97 Å². The molecule has 1 spiro atoms. The van der Waals surface area contributed by atoms with E-state index in [4.69, 9.17) is 9.47 Å². The van der Waals surface area contributed by atoms with Crippen LogP contribution in [-0.2, 0) is 20.9 Å². The van der Waals surface area contributed by atoms with E-state index in [-0.39, 0.29) is 49.9 Å². The van der Waals surface area contributed by atoms with Crippen molar-refractivity contribution in [2.45, 2.75) is 118 Å². The zero-order valence-electron chi connectivity index (χ0n) is 30.1. The van der Waals surface area contributed by atoms with Gasteiger partial charge in [-0.3, -0.25) is 9.69 Å². The molecule has 3 aliphatic heterocycles. The number of nitrogens with zero attached hydrogens (tertiary/aromatic N) is 5. The number of carbonyl (C=O) groups is 2. The third-order valence-electron chi connectivity index (χ3n) is 13.7. The molecule has 0 aromatic carbocycles. The number of hydrogen-bond acceptors (Lipinski definition) is 9. The van der Waals surface area contributed by atoms with Crippen molar-refractivity contribution < 1.29 is 46.1 Å². The summed E-state index contributed by atoms with van der Waals surface area (Å²) < 4.78 is 85.3. The first-order valence-electron chi connectivity index (χ1n) is 19.2. The molecule has 11 nitrogen and oxygen atoms in total. The fourth-order valence-corrected chi connectivity index (χ4v) is 11.3. The minimum Gasteiger partial charge on any atom is -0.479 e. The molecule has 16 heteroatoms. The number of anilines is 2. The summed E-state index contributed by atoms with van der Waals surface area (Å²) >= 11 is 0. The van der Waals surface area contributed by atoms with E-state index in [1.165, 1.54) is 0 Å². The van der Waals surface area contributed by atoms with E-state index in [0.29, 0.717) is 83.2 Å². The highest BCUT2D eigenvalue weighted by Gasteiger charge is 2.67. The number of amides is 1. The number of carbonyl (C=O) groups excluding carboxylic acids is 1. The van der Waals surface area contributed by atoms with Gasteiger partial charge < -0.3 is 24.8 Å². The average molecular weight is 761 g/mol. The summed E-state index contributed by atoms with van der Waals surface area (Å²) in [4.78, 5) is 43.7. The Labute approximate surface area is 309 Å². The van der Waals surface area contributed by atoms with E-state index in [0.717, 1.165) is 24.6 Å². The topological polar surface area (TPSA) is 130 Å². The maximum atomic E-state index is 15.5. The molecule has 3 unspecified atom stereocenters. The zero-order chi connectivity index (χ0) is 37.8. The zero-order valence-corrected chi connectivity index (χ0v) is 30.1. The van der Waals surface area contributed by atoms with Crippen LogP contribution in [0.2, 0.25) is 0 Å². The standard InChI is InChI=1S/C38H45F5N6O5/c1-34(39,40)30-26(31(50)47-38(32(51)52)22-10-21-11-23(38)15-36(41,13-21)14-22)16-45-33(46-30)49-18-35(6-8-53-9-7-35)27-12-29(44-17-28(27)49)54-25-4-2-24(3-5-25)48-19-37(42,43)20-48/h12,16-17,21-25H,2-11,13-15,18-20H2,1H3,(H,47,50)(H,51,52)/t21?,22-,23+,24?,25?,36?,38?. The summed E-state index contributed by atoms with van der Waals surface area (Å²) in [6.45, 7) is 1.57. The van der Waals surface area contributed by atoms with Crippen LogP contribution in [0.25, 0.3) is 0 Å². The van der Waals surface area contributed by atoms with E-state index in [9.17, 15) is 23.5 Å². The molecule has 5 saturated carbocycles. The lowest BCUT2D eigenvalue weighted by Crippen LogP contribution is -2.72. The van der Waals surface area contributed by atoms with Gasteiger partial charge in [0.1, 0.15) is 23.0 Å². The number of aliphatic carboxylic acids is 1. The lowest BCUT2D eigenvalue weighted by atomic mass is 9.47. The SMILES string of the molecule is CC(F)(F)c1nc(N2CC3(CCOCC3)c3cc(OC4CCC(N5CC(F)(F)C5)CC4)ncc32)ncc1C(=O)NC1(C(=O)O)[C@@H]2CC3C[C@H]1CC(F)(C3)C2. The maximum absolute atomic E-state index is 15.5. The Hall–Kier alpha value is -3.66. The van der Waals surface area contributed by atoms with Gasteiger partial charge in [-0.2, -0.15) is 8.78 Å². The van der Waals surface area contributed by atoms with E-state index in [1.807, 2.05) is 11.0 Å². The summed E-state index contributed by atoms with van der Waals surface area (Å²) in [5, 5.41) is 13.1. The number of likely N-dealkylation sites (tertiary alicyclic amines) is 1. The van der Waals surface area contributed by atoms with E-state index in [2.05, 4.69) is 20.3 Å². The van der Waals surface area contributed by atoms with Crippen LogP contribution in [0.15, 0.2) is 18.5 Å². The highest BCUT2D eigenvalue weighted by Crippen LogP contribution is 2.61. The molecule has 2 aromatic rings. The van der Waals surface area contributed by atoms with Crippen molar-refractivity contribution in [2.24, 2.45) is 17.8 Å².